The molecule has 6 heteroatoms. The Hall–Kier alpha value is -2.73. The van der Waals surface area contributed by atoms with Gasteiger partial charge in [-0.2, -0.15) is 0 Å². The summed E-state index contributed by atoms with van der Waals surface area (Å²) in [4.78, 5) is 15.5. The van der Waals surface area contributed by atoms with Crippen LogP contribution in [-0.2, 0) is 11.2 Å². The molecule has 0 radical (unpaired) electrons. The lowest BCUT2D eigenvalue weighted by Gasteiger charge is -2.37. The number of ether oxygens (including phenoxy) is 2. The van der Waals surface area contributed by atoms with Crippen molar-refractivity contribution in [1.82, 2.24) is 4.90 Å². The summed E-state index contributed by atoms with van der Waals surface area (Å²) in [6.45, 7) is 0.669. The molecule has 1 aliphatic rings. The third-order valence-electron chi connectivity index (χ3n) is 5.04. The van der Waals surface area contributed by atoms with Crippen LogP contribution in [0, 0.1) is 0 Å². The van der Waals surface area contributed by atoms with Gasteiger partial charge in [0, 0.05) is 26.3 Å². The summed E-state index contributed by atoms with van der Waals surface area (Å²) in [5.41, 5.74) is 4.40. The maximum absolute atomic E-state index is 11.4. The van der Waals surface area contributed by atoms with Crippen molar-refractivity contribution >= 4 is 11.7 Å². The lowest BCUT2D eigenvalue weighted by Crippen LogP contribution is -2.39. The van der Waals surface area contributed by atoms with E-state index in [9.17, 15) is 9.90 Å². The summed E-state index contributed by atoms with van der Waals surface area (Å²) in [6.07, 6.45) is 0.773. The number of rotatable bonds is 6. The lowest BCUT2D eigenvalue weighted by atomic mass is 9.87. The molecule has 2 aromatic rings. The fourth-order valence-electron chi connectivity index (χ4n) is 3.69. The van der Waals surface area contributed by atoms with Crippen LogP contribution in [0.5, 0.6) is 11.5 Å². The van der Waals surface area contributed by atoms with E-state index < -0.39 is 5.97 Å². The molecule has 0 saturated carbocycles. The molecule has 27 heavy (non-hydrogen) atoms. The van der Waals surface area contributed by atoms with Crippen LogP contribution in [0.3, 0.4) is 0 Å². The van der Waals surface area contributed by atoms with Gasteiger partial charge < -0.3 is 19.5 Å². The van der Waals surface area contributed by atoms with Gasteiger partial charge >= 0.3 is 5.97 Å². The number of hydrogen-bond acceptors (Lipinski definition) is 5. The SMILES string of the molecule is COc1cc2c(cc1OC)C(c1ccc(N(C)C)cc1)N(CC(=O)O)CC2. The first-order valence-electron chi connectivity index (χ1n) is 8.92. The van der Waals surface area contributed by atoms with Crippen LogP contribution in [0.15, 0.2) is 36.4 Å². The Labute approximate surface area is 159 Å². The van der Waals surface area contributed by atoms with Crippen LogP contribution in [0.4, 0.5) is 5.69 Å². The summed E-state index contributed by atoms with van der Waals surface area (Å²) >= 11 is 0. The summed E-state index contributed by atoms with van der Waals surface area (Å²) in [6, 6.07) is 12.1. The van der Waals surface area contributed by atoms with E-state index in [0.29, 0.717) is 18.0 Å². The highest BCUT2D eigenvalue weighted by atomic mass is 16.5. The number of carbonyl (C=O) groups is 1. The average molecular weight is 370 g/mol. The van der Waals surface area contributed by atoms with Gasteiger partial charge in [0.15, 0.2) is 11.5 Å². The topological polar surface area (TPSA) is 62.2 Å². The summed E-state index contributed by atoms with van der Waals surface area (Å²) in [5, 5.41) is 9.39. The molecule has 0 amide bonds. The van der Waals surface area contributed by atoms with E-state index in [1.165, 1.54) is 0 Å². The number of anilines is 1. The number of hydrogen-bond donors (Lipinski definition) is 1. The minimum atomic E-state index is -0.825. The molecule has 0 aromatic heterocycles. The third-order valence-corrected chi connectivity index (χ3v) is 5.04. The fourth-order valence-corrected chi connectivity index (χ4v) is 3.69. The quantitative estimate of drug-likeness (QED) is 0.844. The molecular weight excluding hydrogens is 344 g/mol. The Kier molecular flexibility index (Phi) is 5.56. The van der Waals surface area contributed by atoms with Gasteiger partial charge in [-0.15, -0.1) is 0 Å². The molecule has 3 rings (SSSR count). The second-order valence-electron chi connectivity index (χ2n) is 6.91. The number of aliphatic carboxylic acids is 1. The standard InChI is InChI=1S/C21H26N2O4/c1-22(2)16-7-5-14(6-8-16)21-17-12-19(27-4)18(26-3)11-15(17)9-10-23(21)13-20(24)25/h5-8,11-12,21H,9-10,13H2,1-4H3,(H,24,25). The first kappa shape index (κ1) is 19.0. The van der Waals surface area contributed by atoms with Crippen molar-refractivity contribution in [3.8, 4) is 11.5 Å². The second-order valence-corrected chi connectivity index (χ2v) is 6.91. The van der Waals surface area contributed by atoms with Gasteiger partial charge in [0.2, 0.25) is 0 Å². The number of carboxylic acids is 1. The molecule has 1 N–H and O–H groups in total. The summed E-state index contributed by atoms with van der Waals surface area (Å²) in [5.74, 6) is 0.529. The number of fused-ring (bicyclic) bond motifs is 1. The molecule has 0 aliphatic carbocycles. The average Bonchev–Trinajstić information content (AvgIpc) is 2.66. The van der Waals surface area contributed by atoms with E-state index in [1.54, 1.807) is 14.2 Å². The Balaban J connectivity index is 2.09. The van der Waals surface area contributed by atoms with Gasteiger partial charge in [-0.25, -0.2) is 0 Å². The van der Waals surface area contributed by atoms with Crippen LogP contribution in [0.25, 0.3) is 0 Å². The Morgan fingerprint density at radius 2 is 1.78 bits per heavy atom. The molecule has 0 saturated heterocycles. The predicted molar refractivity (Wildman–Crippen MR) is 105 cm³/mol. The smallest absolute Gasteiger partial charge is 0.317 e. The zero-order valence-corrected chi connectivity index (χ0v) is 16.2. The number of benzene rings is 2. The van der Waals surface area contributed by atoms with E-state index in [0.717, 1.165) is 28.8 Å². The maximum atomic E-state index is 11.4. The molecule has 0 spiro atoms. The van der Waals surface area contributed by atoms with Gasteiger partial charge in [-0.3, -0.25) is 9.69 Å². The molecule has 1 heterocycles. The van der Waals surface area contributed by atoms with Crippen LogP contribution in [0.1, 0.15) is 22.7 Å². The first-order valence-corrected chi connectivity index (χ1v) is 8.92. The summed E-state index contributed by atoms with van der Waals surface area (Å²) < 4.78 is 10.9. The van der Waals surface area contributed by atoms with Crippen LogP contribution in [0.2, 0.25) is 0 Å². The minimum absolute atomic E-state index is 0.00607. The molecule has 1 unspecified atom stereocenters. The van der Waals surface area contributed by atoms with Gasteiger partial charge in [0.05, 0.1) is 26.8 Å². The molecule has 144 valence electrons. The highest BCUT2D eigenvalue weighted by Crippen LogP contribution is 2.41. The zero-order valence-electron chi connectivity index (χ0n) is 16.2. The van der Waals surface area contributed by atoms with Gasteiger partial charge in [0.25, 0.3) is 0 Å². The first-order chi connectivity index (χ1) is 12.9. The van der Waals surface area contributed by atoms with Crippen molar-refractivity contribution in [1.29, 1.82) is 0 Å². The normalized spacial score (nSPS) is 16.5. The molecule has 1 aliphatic heterocycles. The molecule has 1 atom stereocenters. The minimum Gasteiger partial charge on any atom is -0.493 e. The third kappa shape index (κ3) is 3.85. The molecule has 0 bridgehead atoms. The van der Waals surface area contributed by atoms with Crippen LogP contribution in [-0.4, -0.2) is 57.4 Å². The largest absolute Gasteiger partial charge is 0.493 e. The molecule has 6 nitrogen and oxygen atoms in total. The van der Waals surface area contributed by atoms with Crippen molar-refractivity contribution in [2.75, 3.05) is 46.3 Å². The van der Waals surface area contributed by atoms with E-state index in [2.05, 4.69) is 24.3 Å². The monoisotopic (exact) mass is 370 g/mol. The Morgan fingerprint density at radius 3 is 2.33 bits per heavy atom. The van der Waals surface area contributed by atoms with E-state index in [4.69, 9.17) is 9.47 Å². The second kappa shape index (κ2) is 7.88. The summed E-state index contributed by atoms with van der Waals surface area (Å²) in [7, 11) is 7.24. The van der Waals surface area contributed by atoms with Crippen molar-refractivity contribution in [3.05, 3.63) is 53.1 Å². The lowest BCUT2D eigenvalue weighted by molar-refractivity contribution is -0.138. The highest BCUT2D eigenvalue weighted by molar-refractivity contribution is 5.69. The van der Waals surface area contributed by atoms with E-state index in [-0.39, 0.29) is 12.6 Å². The number of methoxy groups -OCH3 is 2. The van der Waals surface area contributed by atoms with Gasteiger partial charge in [-0.05, 0) is 47.4 Å². The van der Waals surface area contributed by atoms with Crippen molar-refractivity contribution in [2.45, 2.75) is 12.5 Å². The van der Waals surface area contributed by atoms with E-state index in [1.807, 2.05) is 36.0 Å². The zero-order chi connectivity index (χ0) is 19.6. The Bertz CT molecular complexity index is 818. The maximum Gasteiger partial charge on any atom is 0.317 e. The van der Waals surface area contributed by atoms with Crippen LogP contribution < -0.4 is 14.4 Å². The van der Waals surface area contributed by atoms with Crippen LogP contribution >= 0.6 is 0 Å². The highest BCUT2D eigenvalue weighted by Gasteiger charge is 2.31. The molecular formula is C21H26N2O4. The molecule has 0 fully saturated rings. The van der Waals surface area contributed by atoms with Crippen molar-refractivity contribution in [3.63, 3.8) is 0 Å². The molecule has 2 aromatic carbocycles. The van der Waals surface area contributed by atoms with Gasteiger partial charge in [-0.1, -0.05) is 12.1 Å². The number of nitrogens with zero attached hydrogens (tertiary/aromatic N) is 2. The van der Waals surface area contributed by atoms with Crippen molar-refractivity contribution < 1.29 is 19.4 Å². The predicted octanol–water partition coefficient (Wildman–Crippen LogP) is 2.80. The fraction of sp³-hybridized carbons (Fsp3) is 0.381. The number of carboxylic acid groups (broad SMARTS) is 1. The van der Waals surface area contributed by atoms with E-state index >= 15 is 0 Å². The van der Waals surface area contributed by atoms with Gasteiger partial charge in [0.1, 0.15) is 0 Å². The van der Waals surface area contributed by atoms with Crippen molar-refractivity contribution in [2.24, 2.45) is 0 Å². The Morgan fingerprint density at radius 1 is 1.15 bits per heavy atom.